The van der Waals surface area contributed by atoms with Gasteiger partial charge in [-0.05, 0) is 71.0 Å². The Balaban J connectivity index is 1.59. The van der Waals surface area contributed by atoms with Crippen molar-refractivity contribution in [1.82, 2.24) is 10.2 Å². The van der Waals surface area contributed by atoms with Gasteiger partial charge in [-0.2, -0.15) is 0 Å². The summed E-state index contributed by atoms with van der Waals surface area (Å²) in [5.74, 6) is -0.0420. The molecule has 0 unspecified atom stereocenters. The summed E-state index contributed by atoms with van der Waals surface area (Å²) < 4.78 is 17.5. The number of furan rings is 1. The molecule has 9 heteroatoms. The van der Waals surface area contributed by atoms with Crippen LogP contribution in [0.4, 0.5) is 4.79 Å². The van der Waals surface area contributed by atoms with Crippen LogP contribution < -0.4 is 14.8 Å². The molecule has 4 rings (SSSR count). The van der Waals surface area contributed by atoms with Gasteiger partial charge >= 0.3 is 6.03 Å². The number of urea groups is 1. The molecule has 8 nitrogen and oxygen atoms in total. The molecule has 1 fully saturated rings. The molecule has 3 aromatic rings. The van der Waals surface area contributed by atoms with Gasteiger partial charge in [0.15, 0.2) is 11.5 Å². The van der Waals surface area contributed by atoms with Gasteiger partial charge in [-0.3, -0.25) is 19.8 Å². The molecular weight excluding hydrogens is 551 g/mol. The Kier molecular flexibility index (Phi) is 7.01. The number of benzene rings is 2. The zero-order chi connectivity index (χ0) is 24.2. The first kappa shape index (κ1) is 23.6. The predicted molar refractivity (Wildman–Crippen MR) is 132 cm³/mol. The second-order valence-corrected chi connectivity index (χ2v) is 8.76. The van der Waals surface area contributed by atoms with Crippen LogP contribution in [0.1, 0.15) is 22.5 Å². The average molecular weight is 572 g/mol. The number of halogens is 1. The highest BCUT2D eigenvalue weighted by Crippen LogP contribution is 2.35. The first-order valence-electron chi connectivity index (χ1n) is 10.3. The lowest BCUT2D eigenvalue weighted by Crippen LogP contribution is -2.53. The van der Waals surface area contributed by atoms with E-state index < -0.39 is 17.8 Å². The van der Waals surface area contributed by atoms with Crippen LogP contribution in [0.3, 0.4) is 0 Å². The molecule has 174 valence electrons. The summed E-state index contributed by atoms with van der Waals surface area (Å²) in [6, 6.07) is 14.0. The van der Waals surface area contributed by atoms with Crippen molar-refractivity contribution in [1.29, 1.82) is 0 Å². The van der Waals surface area contributed by atoms with Crippen molar-refractivity contribution in [3.63, 3.8) is 0 Å². The van der Waals surface area contributed by atoms with Crippen molar-refractivity contribution >= 4 is 46.5 Å². The third-order valence-electron chi connectivity index (χ3n) is 5.15. The Morgan fingerprint density at radius 1 is 1.12 bits per heavy atom. The summed E-state index contributed by atoms with van der Waals surface area (Å²) in [5, 5.41) is 2.20. The SMILES string of the molecule is COc1cc(/C=C2\C(=O)NC(=O)N(Cc3ccco3)C2=O)cc(I)c1OCc1ccc(C)cc1. The van der Waals surface area contributed by atoms with Crippen LogP contribution in [-0.2, 0) is 22.7 Å². The van der Waals surface area contributed by atoms with Crippen LogP contribution >= 0.6 is 22.6 Å². The minimum atomic E-state index is -0.796. The van der Waals surface area contributed by atoms with Gasteiger partial charge in [0.05, 0.1) is 23.5 Å². The number of amides is 4. The van der Waals surface area contributed by atoms with E-state index in [0.717, 1.165) is 14.0 Å². The second kappa shape index (κ2) is 10.1. The van der Waals surface area contributed by atoms with E-state index in [-0.39, 0.29) is 12.1 Å². The highest BCUT2D eigenvalue weighted by molar-refractivity contribution is 14.1. The molecule has 0 radical (unpaired) electrons. The fourth-order valence-electron chi connectivity index (χ4n) is 3.37. The van der Waals surface area contributed by atoms with E-state index in [1.807, 2.05) is 31.2 Å². The molecule has 0 saturated carbocycles. The number of aryl methyl sites for hydroxylation is 1. The van der Waals surface area contributed by atoms with E-state index in [0.29, 0.717) is 29.4 Å². The number of carbonyl (C=O) groups excluding carboxylic acids is 3. The normalized spacial score (nSPS) is 15.0. The van der Waals surface area contributed by atoms with E-state index in [2.05, 4.69) is 27.9 Å². The van der Waals surface area contributed by atoms with E-state index in [9.17, 15) is 14.4 Å². The summed E-state index contributed by atoms with van der Waals surface area (Å²) in [4.78, 5) is 38.5. The fourth-order valence-corrected chi connectivity index (χ4v) is 4.15. The number of hydrogen-bond acceptors (Lipinski definition) is 6. The number of ether oxygens (including phenoxy) is 2. The van der Waals surface area contributed by atoms with Crippen molar-refractivity contribution in [2.75, 3.05) is 7.11 Å². The highest BCUT2D eigenvalue weighted by Gasteiger charge is 2.36. The number of rotatable bonds is 7. The Hall–Kier alpha value is -3.60. The molecule has 1 N–H and O–H groups in total. The number of methoxy groups -OCH3 is 1. The largest absolute Gasteiger partial charge is 0.493 e. The lowest BCUT2D eigenvalue weighted by Gasteiger charge is -2.25. The van der Waals surface area contributed by atoms with Crippen LogP contribution in [0.5, 0.6) is 11.5 Å². The molecular formula is C25H21IN2O6. The Morgan fingerprint density at radius 3 is 2.56 bits per heavy atom. The van der Waals surface area contributed by atoms with Gasteiger partial charge in [0.1, 0.15) is 17.9 Å². The van der Waals surface area contributed by atoms with E-state index in [1.165, 1.54) is 25.0 Å². The maximum absolute atomic E-state index is 12.9. The van der Waals surface area contributed by atoms with E-state index in [4.69, 9.17) is 13.9 Å². The summed E-state index contributed by atoms with van der Waals surface area (Å²) in [6.45, 7) is 2.29. The van der Waals surface area contributed by atoms with E-state index >= 15 is 0 Å². The fraction of sp³-hybridized carbons (Fsp3) is 0.160. The molecule has 2 aromatic carbocycles. The van der Waals surface area contributed by atoms with Crippen molar-refractivity contribution in [3.05, 3.63) is 86.4 Å². The minimum Gasteiger partial charge on any atom is -0.493 e. The number of imide groups is 2. The second-order valence-electron chi connectivity index (χ2n) is 7.60. The monoisotopic (exact) mass is 572 g/mol. The van der Waals surface area contributed by atoms with Gasteiger partial charge in [0.25, 0.3) is 11.8 Å². The van der Waals surface area contributed by atoms with Crippen LogP contribution in [0.2, 0.25) is 0 Å². The first-order chi connectivity index (χ1) is 16.4. The average Bonchev–Trinajstić information content (AvgIpc) is 3.33. The topological polar surface area (TPSA) is 98.1 Å². The van der Waals surface area contributed by atoms with Gasteiger partial charge < -0.3 is 13.9 Å². The molecule has 4 amide bonds. The number of nitrogens with zero attached hydrogens (tertiary/aromatic N) is 1. The van der Waals surface area contributed by atoms with Crippen molar-refractivity contribution < 1.29 is 28.3 Å². The minimum absolute atomic E-state index is 0.0884. The smallest absolute Gasteiger partial charge is 0.331 e. The zero-order valence-corrected chi connectivity index (χ0v) is 20.6. The third kappa shape index (κ3) is 5.14. The first-order valence-corrected chi connectivity index (χ1v) is 11.4. The number of barbiturate groups is 1. The van der Waals surface area contributed by atoms with Crippen molar-refractivity contribution in [2.45, 2.75) is 20.1 Å². The van der Waals surface area contributed by atoms with Gasteiger partial charge in [0, 0.05) is 0 Å². The zero-order valence-electron chi connectivity index (χ0n) is 18.5. The summed E-state index contributed by atoms with van der Waals surface area (Å²) in [7, 11) is 1.52. The molecule has 1 aromatic heterocycles. The molecule has 0 aliphatic carbocycles. The summed E-state index contributed by atoms with van der Waals surface area (Å²) >= 11 is 2.11. The quantitative estimate of drug-likeness (QED) is 0.256. The molecule has 1 aliphatic rings. The van der Waals surface area contributed by atoms with E-state index in [1.54, 1.807) is 24.3 Å². The lowest BCUT2D eigenvalue weighted by molar-refractivity contribution is -0.130. The predicted octanol–water partition coefficient (Wildman–Crippen LogP) is 4.44. The standard InChI is InChI=1S/C25H21IN2O6/c1-15-5-7-16(8-6-15)14-34-22-20(26)11-17(12-21(22)32-2)10-19-23(29)27-25(31)28(24(19)30)13-18-4-3-9-33-18/h3-12H,13-14H2,1-2H3,(H,27,29,31)/b19-10+. The molecule has 34 heavy (non-hydrogen) atoms. The Bertz CT molecular complexity index is 1270. The van der Waals surface area contributed by atoms with Crippen molar-refractivity contribution in [3.8, 4) is 11.5 Å². The van der Waals surface area contributed by atoms with Gasteiger partial charge in [-0.1, -0.05) is 29.8 Å². The Labute approximate surface area is 209 Å². The number of hydrogen-bond donors (Lipinski definition) is 1. The molecule has 2 heterocycles. The van der Waals surface area contributed by atoms with Gasteiger partial charge in [0.2, 0.25) is 0 Å². The molecule has 0 bridgehead atoms. The summed E-state index contributed by atoms with van der Waals surface area (Å²) in [6.07, 6.45) is 2.87. The molecule has 1 saturated heterocycles. The third-order valence-corrected chi connectivity index (χ3v) is 5.95. The number of nitrogens with one attached hydrogen (secondary N) is 1. The van der Waals surface area contributed by atoms with Crippen LogP contribution in [0, 0.1) is 10.5 Å². The lowest BCUT2D eigenvalue weighted by atomic mass is 10.1. The number of carbonyl (C=O) groups is 3. The molecule has 0 spiro atoms. The van der Waals surface area contributed by atoms with Crippen LogP contribution in [-0.4, -0.2) is 29.9 Å². The van der Waals surface area contributed by atoms with Gasteiger partial charge in [-0.25, -0.2) is 4.79 Å². The molecule has 0 atom stereocenters. The van der Waals surface area contributed by atoms with Crippen LogP contribution in [0.25, 0.3) is 6.08 Å². The highest BCUT2D eigenvalue weighted by atomic mass is 127. The molecule has 1 aliphatic heterocycles. The van der Waals surface area contributed by atoms with Crippen LogP contribution in [0.15, 0.2) is 64.8 Å². The van der Waals surface area contributed by atoms with Gasteiger partial charge in [-0.15, -0.1) is 0 Å². The summed E-state index contributed by atoms with van der Waals surface area (Å²) in [5.41, 5.74) is 2.56. The maximum Gasteiger partial charge on any atom is 0.331 e. The Morgan fingerprint density at radius 2 is 1.88 bits per heavy atom. The van der Waals surface area contributed by atoms with Crippen molar-refractivity contribution in [2.24, 2.45) is 0 Å². The maximum atomic E-state index is 12.9.